The molecule has 0 bridgehead atoms. The zero-order chi connectivity index (χ0) is 10.8. The first-order chi connectivity index (χ1) is 6.39. The first-order valence-corrected chi connectivity index (χ1v) is 4.83. The lowest BCUT2D eigenvalue weighted by Crippen LogP contribution is -2.30. The largest absolute Gasteiger partial charge is 0.400 e. The molecule has 80 valence electrons. The van der Waals surface area contributed by atoms with E-state index in [1.165, 1.54) is 19.1 Å². The molecule has 1 aliphatic carbocycles. The smallest absolute Gasteiger partial charge is 0.170 e. The number of rotatable bonds is 1. The fourth-order valence-electron chi connectivity index (χ4n) is 1.45. The highest BCUT2D eigenvalue weighted by molar-refractivity contribution is 5.17. The maximum Gasteiger partial charge on any atom is 0.400 e. The van der Waals surface area contributed by atoms with E-state index >= 15 is 0 Å². The summed E-state index contributed by atoms with van der Waals surface area (Å²) in [5, 5.41) is 0. The van der Waals surface area contributed by atoms with Gasteiger partial charge in [-0.1, -0.05) is 31.2 Å². The Morgan fingerprint density at radius 3 is 2.50 bits per heavy atom. The van der Waals surface area contributed by atoms with Crippen LogP contribution < -0.4 is 0 Å². The molecule has 14 heavy (non-hydrogen) atoms. The molecule has 0 saturated carbocycles. The third-order valence-electron chi connectivity index (χ3n) is 2.75. The summed E-state index contributed by atoms with van der Waals surface area (Å²) < 4.78 is 37.9. The molecule has 0 spiro atoms. The maximum atomic E-state index is 12.6. The van der Waals surface area contributed by atoms with E-state index < -0.39 is 11.6 Å². The van der Waals surface area contributed by atoms with Crippen LogP contribution in [0.1, 0.15) is 26.7 Å². The van der Waals surface area contributed by atoms with Gasteiger partial charge in [-0.2, -0.15) is 13.2 Å². The van der Waals surface area contributed by atoms with Gasteiger partial charge >= 0.3 is 6.18 Å². The number of hydrogen-bond donors (Lipinski definition) is 0. The molecule has 1 rings (SSSR count). The van der Waals surface area contributed by atoms with E-state index in [1.54, 1.807) is 12.2 Å². The maximum absolute atomic E-state index is 12.6. The van der Waals surface area contributed by atoms with Gasteiger partial charge in [-0.05, 0) is 25.7 Å². The molecule has 0 aromatic heterocycles. The second-order valence-corrected chi connectivity index (χ2v) is 3.95. The van der Waals surface area contributed by atoms with Crippen molar-refractivity contribution in [2.45, 2.75) is 32.9 Å². The van der Waals surface area contributed by atoms with Crippen LogP contribution in [-0.2, 0) is 0 Å². The molecule has 0 aromatic carbocycles. The molecule has 0 N–H and O–H groups in total. The summed E-state index contributed by atoms with van der Waals surface area (Å²) in [5.74, 6) is 0.246. The Labute approximate surface area is 82.5 Å². The summed E-state index contributed by atoms with van der Waals surface area (Å²) in [4.78, 5) is 0. The van der Waals surface area contributed by atoms with Crippen molar-refractivity contribution in [3.8, 4) is 0 Å². The van der Waals surface area contributed by atoms with Crippen molar-refractivity contribution in [3.05, 3.63) is 24.3 Å². The highest BCUT2D eigenvalue weighted by Gasteiger charge is 2.47. The Bertz CT molecular complexity index is 250. The minimum absolute atomic E-state index is 0.246. The van der Waals surface area contributed by atoms with E-state index in [9.17, 15) is 13.2 Å². The van der Waals surface area contributed by atoms with Gasteiger partial charge in [0.25, 0.3) is 0 Å². The van der Waals surface area contributed by atoms with Crippen LogP contribution in [0.2, 0.25) is 0 Å². The van der Waals surface area contributed by atoms with Gasteiger partial charge in [0.1, 0.15) is 0 Å². The molecule has 3 heteroatoms. The van der Waals surface area contributed by atoms with E-state index in [0.29, 0.717) is 6.42 Å². The Morgan fingerprint density at radius 1 is 1.36 bits per heavy atom. The van der Waals surface area contributed by atoms with Crippen molar-refractivity contribution in [3.63, 3.8) is 0 Å². The van der Waals surface area contributed by atoms with Crippen molar-refractivity contribution >= 4 is 0 Å². The van der Waals surface area contributed by atoms with Crippen LogP contribution in [0, 0.1) is 11.3 Å². The van der Waals surface area contributed by atoms with Gasteiger partial charge in [0.05, 0.1) is 5.41 Å². The average Bonchev–Trinajstić information content (AvgIpc) is 2.27. The zero-order valence-corrected chi connectivity index (χ0v) is 8.43. The highest BCUT2D eigenvalue weighted by Crippen LogP contribution is 2.42. The minimum Gasteiger partial charge on any atom is -0.170 e. The van der Waals surface area contributed by atoms with Gasteiger partial charge in [0.15, 0.2) is 0 Å². The van der Waals surface area contributed by atoms with E-state index in [-0.39, 0.29) is 5.92 Å². The van der Waals surface area contributed by atoms with E-state index in [2.05, 4.69) is 0 Å². The van der Waals surface area contributed by atoms with Crippen molar-refractivity contribution in [1.82, 2.24) is 0 Å². The molecule has 0 radical (unpaired) electrons. The van der Waals surface area contributed by atoms with Gasteiger partial charge in [0.2, 0.25) is 0 Å². The molecule has 0 fully saturated rings. The van der Waals surface area contributed by atoms with Gasteiger partial charge < -0.3 is 0 Å². The van der Waals surface area contributed by atoms with Crippen LogP contribution in [0.3, 0.4) is 0 Å². The van der Waals surface area contributed by atoms with E-state index in [1.807, 2.05) is 6.92 Å². The summed E-state index contributed by atoms with van der Waals surface area (Å²) in [6.45, 7) is 3.19. The third-order valence-corrected chi connectivity index (χ3v) is 2.75. The van der Waals surface area contributed by atoms with Gasteiger partial charge in [-0.15, -0.1) is 0 Å². The summed E-state index contributed by atoms with van der Waals surface area (Å²) in [6, 6.07) is 0. The summed E-state index contributed by atoms with van der Waals surface area (Å²) in [7, 11) is 0. The first kappa shape index (κ1) is 11.3. The Kier molecular flexibility index (Phi) is 3.07. The quantitative estimate of drug-likeness (QED) is 0.564. The van der Waals surface area contributed by atoms with Crippen LogP contribution in [-0.4, -0.2) is 6.18 Å². The molecule has 0 aromatic rings. The molecular formula is C11H15F3. The van der Waals surface area contributed by atoms with Crippen LogP contribution >= 0.6 is 0 Å². The Morgan fingerprint density at radius 2 is 2.00 bits per heavy atom. The van der Waals surface area contributed by atoms with E-state index in [0.717, 1.165) is 6.42 Å². The summed E-state index contributed by atoms with van der Waals surface area (Å²) >= 11 is 0. The number of hydrogen-bond acceptors (Lipinski definition) is 0. The van der Waals surface area contributed by atoms with Crippen LogP contribution in [0.4, 0.5) is 13.2 Å². The van der Waals surface area contributed by atoms with Gasteiger partial charge in [-0.3, -0.25) is 0 Å². The Balaban J connectivity index is 2.92. The van der Waals surface area contributed by atoms with Crippen molar-refractivity contribution in [2.75, 3.05) is 0 Å². The molecule has 2 atom stereocenters. The zero-order valence-electron chi connectivity index (χ0n) is 8.43. The molecule has 0 saturated heterocycles. The van der Waals surface area contributed by atoms with Crippen LogP contribution in [0.15, 0.2) is 24.3 Å². The predicted molar refractivity (Wildman–Crippen MR) is 50.8 cm³/mol. The van der Waals surface area contributed by atoms with E-state index in [4.69, 9.17) is 0 Å². The number of alkyl halides is 3. The second-order valence-electron chi connectivity index (χ2n) is 3.95. The summed E-state index contributed by atoms with van der Waals surface area (Å²) in [5.41, 5.74) is -1.78. The molecule has 0 amide bonds. The lowest BCUT2D eigenvalue weighted by molar-refractivity contribution is -0.183. The van der Waals surface area contributed by atoms with Gasteiger partial charge in [-0.25, -0.2) is 0 Å². The standard InChI is InChI=1S/C11H15F3/c1-3-9-5-4-7-10(2,8-6-9)11(12,13)14/h4,6-9H,3,5H2,1-2H3. The molecular weight excluding hydrogens is 189 g/mol. The lowest BCUT2D eigenvalue weighted by Gasteiger charge is -2.24. The van der Waals surface area contributed by atoms with Crippen LogP contribution in [0.25, 0.3) is 0 Å². The third kappa shape index (κ3) is 2.20. The topological polar surface area (TPSA) is 0 Å². The monoisotopic (exact) mass is 204 g/mol. The first-order valence-electron chi connectivity index (χ1n) is 4.83. The summed E-state index contributed by atoms with van der Waals surface area (Å²) in [6.07, 6.45) is 3.27. The fraction of sp³-hybridized carbons (Fsp3) is 0.636. The van der Waals surface area contributed by atoms with Crippen molar-refractivity contribution in [2.24, 2.45) is 11.3 Å². The SMILES string of the molecule is CCC1C=CC(C)(C(F)(F)F)C=CC1. The highest BCUT2D eigenvalue weighted by atomic mass is 19.4. The number of allylic oxidation sites excluding steroid dienone is 4. The van der Waals surface area contributed by atoms with Gasteiger partial charge in [0, 0.05) is 0 Å². The fourth-order valence-corrected chi connectivity index (χ4v) is 1.45. The normalized spacial score (nSPS) is 33.1. The molecule has 1 aliphatic rings. The predicted octanol–water partition coefficient (Wildman–Crippen LogP) is 4.10. The molecule has 0 heterocycles. The Hall–Kier alpha value is -0.730. The van der Waals surface area contributed by atoms with Crippen LogP contribution in [0.5, 0.6) is 0 Å². The second kappa shape index (κ2) is 3.79. The molecule has 2 unspecified atom stereocenters. The van der Waals surface area contributed by atoms with Crippen molar-refractivity contribution in [1.29, 1.82) is 0 Å². The molecule has 0 nitrogen and oxygen atoms in total. The minimum atomic E-state index is -4.19. The lowest BCUT2D eigenvalue weighted by atomic mass is 9.89. The molecule has 0 aliphatic heterocycles. The number of halogens is 3. The average molecular weight is 204 g/mol. The van der Waals surface area contributed by atoms with Crippen molar-refractivity contribution < 1.29 is 13.2 Å².